The number of halogens is 2. The van der Waals surface area contributed by atoms with E-state index in [1.165, 1.54) is 0 Å². The van der Waals surface area contributed by atoms with Crippen molar-refractivity contribution in [1.82, 2.24) is 4.98 Å². The number of rotatable bonds is 1. The third-order valence-corrected chi connectivity index (χ3v) is 1.99. The zero-order valence-electron chi connectivity index (χ0n) is 5.58. The maximum atomic E-state index is 10.4. The summed E-state index contributed by atoms with van der Waals surface area (Å²) in [5.41, 5.74) is -0.375. The third-order valence-electron chi connectivity index (χ3n) is 1.14. The molecule has 0 spiro atoms. The molecule has 12 heavy (non-hydrogen) atoms. The molecule has 0 radical (unpaired) electrons. The van der Waals surface area contributed by atoms with E-state index in [9.17, 15) is 4.79 Å². The van der Waals surface area contributed by atoms with Crippen molar-refractivity contribution in [3.8, 4) is 5.75 Å². The second kappa shape index (κ2) is 3.16. The van der Waals surface area contributed by atoms with Crippen molar-refractivity contribution in [2.75, 3.05) is 0 Å². The first-order valence-corrected chi connectivity index (χ1v) is 3.56. The molecule has 0 aromatic carbocycles. The number of carboxylic acids is 1. The number of hydrogen-bond acceptors (Lipinski definition) is 3. The lowest BCUT2D eigenvalue weighted by atomic mass is 10.3. The average molecular weight is 208 g/mol. The first-order chi connectivity index (χ1) is 5.54. The number of nitrogens with zero attached hydrogens (tertiary/aromatic N) is 1. The molecule has 2 N–H and O–H groups in total. The Labute approximate surface area is 77.4 Å². The van der Waals surface area contributed by atoms with E-state index in [0.29, 0.717) is 0 Å². The summed E-state index contributed by atoms with van der Waals surface area (Å²) in [5.74, 6) is -1.63. The summed E-state index contributed by atoms with van der Waals surface area (Å²) in [7, 11) is 0. The molecule has 1 rings (SSSR count). The van der Waals surface area contributed by atoms with Crippen LogP contribution in [0.1, 0.15) is 10.5 Å². The van der Waals surface area contributed by atoms with Crippen LogP contribution in [0.15, 0.2) is 6.20 Å². The number of aromatic nitrogens is 1. The molecule has 0 aliphatic rings. The minimum Gasteiger partial charge on any atom is -0.505 e. The molecular formula is C6H3Cl2NO3. The topological polar surface area (TPSA) is 70.4 Å². The summed E-state index contributed by atoms with van der Waals surface area (Å²) in [4.78, 5) is 13.8. The van der Waals surface area contributed by atoms with Gasteiger partial charge in [-0.2, -0.15) is 0 Å². The molecular weight excluding hydrogens is 205 g/mol. The lowest BCUT2D eigenvalue weighted by Gasteiger charge is -2.00. The summed E-state index contributed by atoms with van der Waals surface area (Å²) in [6.45, 7) is 0. The Bertz CT molecular complexity index is 340. The molecule has 0 unspecified atom stereocenters. The highest BCUT2D eigenvalue weighted by atomic mass is 35.5. The van der Waals surface area contributed by atoms with Gasteiger partial charge < -0.3 is 10.2 Å². The van der Waals surface area contributed by atoms with Gasteiger partial charge in [0.25, 0.3) is 0 Å². The van der Waals surface area contributed by atoms with Crippen LogP contribution in [-0.4, -0.2) is 21.2 Å². The van der Waals surface area contributed by atoms with Gasteiger partial charge in [-0.25, -0.2) is 9.78 Å². The van der Waals surface area contributed by atoms with Gasteiger partial charge in [0.05, 0.1) is 11.2 Å². The minimum atomic E-state index is -1.29. The summed E-state index contributed by atoms with van der Waals surface area (Å²) < 4.78 is 0. The molecule has 0 saturated heterocycles. The molecule has 0 atom stereocenters. The van der Waals surface area contributed by atoms with Gasteiger partial charge in [0.2, 0.25) is 0 Å². The Morgan fingerprint density at radius 3 is 2.50 bits per heavy atom. The number of aromatic carboxylic acids is 1. The van der Waals surface area contributed by atoms with E-state index in [-0.39, 0.29) is 21.5 Å². The lowest BCUT2D eigenvalue weighted by Crippen LogP contribution is -2.00. The highest BCUT2D eigenvalue weighted by Crippen LogP contribution is 2.31. The van der Waals surface area contributed by atoms with Gasteiger partial charge in [-0.15, -0.1) is 0 Å². The Balaban J connectivity index is 3.36. The Morgan fingerprint density at radius 1 is 1.42 bits per heavy atom. The van der Waals surface area contributed by atoms with E-state index >= 15 is 0 Å². The zero-order valence-corrected chi connectivity index (χ0v) is 7.10. The monoisotopic (exact) mass is 207 g/mol. The predicted molar refractivity (Wildman–Crippen MR) is 42.9 cm³/mol. The van der Waals surface area contributed by atoms with Gasteiger partial charge in [0, 0.05) is 0 Å². The van der Waals surface area contributed by atoms with Gasteiger partial charge in [-0.05, 0) is 0 Å². The number of pyridine rings is 1. The molecule has 1 aromatic rings. The molecule has 6 heteroatoms. The molecule has 0 aliphatic heterocycles. The normalized spacial score (nSPS) is 9.83. The van der Waals surface area contributed by atoms with E-state index in [1.807, 2.05) is 0 Å². The quantitative estimate of drug-likeness (QED) is 0.737. The number of carbonyl (C=O) groups is 1. The van der Waals surface area contributed by atoms with Gasteiger partial charge in [-0.3, -0.25) is 0 Å². The Morgan fingerprint density at radius 2 is 2.00 bits per heavy atom. The second-order valence-electron chi connectivity index (χ2n) is 1.93. The van der Waals surface area contributed by atoms with E-state index in [2.05, 4.69) is 4.98 Å². The molecule has 1 aromatic heterocycles. The largest absolute Gasteiger partial charge is 0.505 e. The molecule has 64 valence electrons. The summed E-state index contributed by atoms with van der Waals surface area (Å²) in [6.07, 6.45) is 0.928. The fourth-order valence-electron chi connectivity index (χ4n) is 0.605. The highest BCUT2D eigenvalue weighted by molar-refractivity contribution is 6.44. The van der Waals surface area contributed by atoms with Gasteiger partial charge >= 0.3 is 5.97 Å². The Hall–Kier alpha value is -1.00. The van der Waals surface area contributed by atoms with Gasteiger partial charge in [0.1, 0.15) is 5.02 Å². The molecule has 0 bridgehead atoms. The molecule has 0 fully saturated rings. The van der Waals surface area contributed by atoms with Crippen LogP contribution >= 0.6 is 23.2 Å². The van der Waals surface area contributed by atoms with Crippen molar-refractivity contribution in [1.29, 1.82) is 0 Å². The maximum Gasteiger partial charge on any atom is 0.356 e. The summed E-state index contributed by atoms with van der Waals surface area (Å²) in [5, 5.41) is 17.0. The van der Waals surface area contributed by atoms with Crippen molar-refractivity contribution in [2.45, 2.75) is 0 Å². The summed E-state index contributed by atoms with van der Waals surface area (Å²) in [6, 6.07) is 0. The maximum absolute atomic E-state index is 10.4. The lowest BCUT2D eigenvalue weighted by molar-refractivity contribution is 0.0690. The standard InChI is InChI=1S/C6H3Cl2NO3/c7-3-2(10)1-9-5(4(3)8)6(11)12/h1,10H,(H,11,12). The van der Waals surface area contributed by atoms with E-state index in [0.717, 1.165) is 6.20 Å². The van der Waals surface area contributed by atoms with Crippen LogP contribution in [0.3, 0.4) is 0 Å². The fourth-order valence-corrected chi connectivity index (χ4v) is 0.969. The van der Waals surface area contributed by atoms with Crippen LogP contribution in [0.4, 0.5) is 0 Å². The van der Waals surface area contributed by atoms with Crippen LogP contribution in [0, 0.1) is 0 Å². The SMILES string of the molecule is O=C(O)c1ncc(O)c(Cl)c1Cl. The predicted octanol–water partition coefficient (Wildman–Crippen LogP) is 1.79. The van der Waals surface area contributed by atoms with E-state index < -0.39 is 5.97 Å². The van der Waals surface area contributed by atoms with Crippen molar-refractivity contribution in [3.05, 3.63) is 21.9 Å². The van der Waals surface area contributed by atoms with Crippen molar-refractivity contribution in [2.24, 2.45) is 0 Å². The smallest absolute Gasteiger partial charge is 0.356 e. The van der Waals surface area contributed by atoms with Gasteiger partial charge in [0.15, 0.2) is 11.4 Å². The van der Waals surface area contributed by atoms with Gasteiger partial charge in [-0.1, -0.05) is 23.2 Å². The Kier molecular flexibility index (Phi) is 2.40. The van der Waals surface area contributed by atoms with Crippen molar-refractivity contribution in [3.63, 3.8) is 0 Å². The molecule has 0 aliphatic carbocycles. The second-order valence-corrected chi connectivity index (χ2v) is 2.68. The molecule has 0 saturated carbocycles. The van der Waals surface area contributed by atoms with E-state index in [4.69, 9.17) is 33.4 Å². The summed E-state index contributed by atoms with van der Waals surface area (Å²) >= 11 is 10.9. The first-order valence-electron chi connectivity index (χ1n) is 2.80. The molecule has 0 amide bonds. The fraction of sp³-hybridized carbons (Fsp3) is 0. The van der Waals surface area contributed by atoms with Crippen molar-refractivity contribution < 1.29 is 15.0 Å². The first kappa shape index (κ1) is 9.09. The van der Waals surface area contributed by atoms with Crippen molar-refractivity contribution >= 4 is 29.2 Å². The van der Waals surface area contributed by atoms with E-state index in [1.54, 1.807) is 0 Å². The number of hydrogen-bond donors (Lipinski definition) is 2. The zero-order chi connectivity index (χ0) is 9.30. The van der Waals surface area contributed by atoms with Crippen LogP contribution in [0.2, 0.25) is 10.0 Å². The average Bonchev–Trinajstić information content (AvgIpc) is 2.00. The van der Waals surface area contributed by atoms with Crippen LogP contribution < -0.4 is 0 Å². The van der Waals surface area contributed by atoms with Crippen LogP contribution in [0.5, 0.6) is 5.75 Å². The van der Waals surface area contributed by atoms with Crippen LogP contribution in [0.25, 0.3) is 0 Å². The number of carboxylic acid groups (broad SMARTS) is 1. The molecule has 4 nitrogen and oxygen atoms in total. The number of aromatic hydroxyl groups is 1. The highest BCUT2D eigenvalue weighted by Gasteiger charge is 2.15. The van der Waals surface area contributed by atoms with Crippen LogP contribution in [-0.2, 0) is 0 Å². The minimum absolute atomic E-state index is 0.205. The molecule has 1 heterocycles. The third kappa shape index (κ3) is 1.44.